The Morgan fingerprint density at radius 2 is 2.12 bits per heavy atom. The van der Waals surface area contributed by atoms with E-state index in [1.54, 1.807) is 24.8 Å². The van der Waals surface area contributed by atoms with E-state index in [4.69, 9.17) is 17.3 Å². The molecule has 0 unspecified atom stereocenters. The number of sulfonamides is 1. The summed E-state index contributed by atoms with van der Waals surface area (Å²) in [6.45, 7) is 2.15. The fourth-order valence-corrected chi connectivity index (χ4v) is 3.31. The third-order valence-electron chi connectivity index (χ3n) is 2.21. The summed E-state index contributed by atoms with van der Waals surface area (Å²) < 4.78 is 26.3. The molecule has 0 heterocycles. The SMILES string of the molecule is CSCCNS(=O)(=O)c1cc(N)c(C)cc1Cl. The lowest BCUT2D eigenvalue weighted by Crippen LogP contribution is -2.26. The number of anilines is 1. The van der Waals surface area contributed by atoms with Gasteiger partial charge in [-0.25, -0.2) is 13.1 Å². The summed E-state index contributed by atoms with van der Waals surface area (Å²) in [6.07, 6.45) is 1.91. The first kappa shape index (κ1) is 14.6. The molecule has 0 atom stereocenters. The molecule has 0 aromatic heterocycles. The van der Waals surface area contributed by atoms with Gasteiger partial charge in [-0.3, -0.25) is 0 Å². The van der Waals surface area contributed by atoms with Gasteiger partial charge in [0.05, 0.1) is 5.02 Å². The van der Waals surface area contributed by atoms with Gasteiger partial charge >= 0.3 is 0 Å². The molecule has 17 heavy (non-hydrogen) atoms. The van der Waals surface area contributed by atoms with Gasteiger partial charge in [-0.2, -0.15) is 11.8 Å². The van der Waals surface area contributed by atoms with Crippen LogP contribution in [-0.4, -0.2) is 27.0 Å². The van der Waals surface area contributed by atoms with E-state index in [0.717, 1.165) is 5.56 Å². The first-order valence-corrected chi connectivity index (χ1v) is 8.18. The molecule has 4 nitrogen and oxygen atoms in total. The lowest BCUT2D eigenvalue weighted by atomic mass is 10.2. The smallest absolute Gasteiger partial charge is 0.242 e. The zero-order chi connectivity index (χ0) is 13.1. The molecule has 0 fully saturated rings. The van der Waals surface area contributed by atoms with Crippen molar-refractivity contribution < 1.29 is 8.42 Å². The molecule has 1 rings (SSSR count). The van der Waals surface area contributed by atoms with Crippen LogP contribution < -0.4 is 10.5 Å². The molecule has 0 aliphatic rings. The molecular formula is C10H15ClN2O2S2. The molecule has 0 radical (unpaired) electrons. The summed E-state index contributed by atoms with van der Waals surface area (Å²) in [4.78, 5) is 0.0309. The zero-order valence-electron chi connectivity index (χ0n) is 9.66. The maximum absolute atomic E-state index is 11.9. The predicted octanol–water partition coefficient (Wildman–Crippen LogP) is 1.87. The van der Waals surface area contributed by atoms with E-state index in [1.807, 2.05) is 6.26 Å². The number of thioether (sulfide) groups is 1. The highest BCUT2D eigenvalue weighted by atomic mass is 35.5. The Labute approximate surface area is 111 Å². The number of nitrogens with one attached hydrogen (secondary N) is 1. The van der Waals surface area contributed by atoms with Crippen LogP contribution in [0.5, 0.6) is 0 Å². The van der Waals surface area contributed by atoms with Crippen molar-refractivity contribution in [2.75, 3.05) is 24.3 Å². The normalized spacial score (nSPS) is 11.7. The minimum absolute atomic E-state index is 0.0309. The largest absolute Gasteiger partial charge is 0.398 e. The summed E-state index contributed by atoms with van der Waals surface area (Å²) in [7, 11) is -3.58. The molecular weight excluding hydrogens is 280 g/mol. The lowest BCUT2D eigenvalue weighted by Gasteiger charge is -2.10. The van der Waals surface area contributed by atoms with Crippen molar-refractivity contribution in [3.8, 4) is 0 Å². The number of nitrogens with two attached hydrogens (primary N) is 1. The molecule has 96 valence electrons. The van der Waals surface area contributed by atoms with Gasteiger partial charge in [-0.15, -0.1) is 0 Å². The minimum atomic E-state index is -3.58. The number of nitrogen functional groups attached to an aromatic ring is 1. The molecule has 3 N–H and O–H groups in total. The maximum atomic E-state index is 11.9. The van der Waals surface area contributed by atoms with Gasteiger partial charge < -0.3 is 5.73 Å². The maximum Gasteiger partial charge on any atom is 0.242 e. The van der Waals surface area contributed by atoms with Crippen molar-refractivity contribution in [1.29, 1.82) is 0 Å². The average molecular weight is 295 g/mol. The van der Waals surface area contributed by atoms with Crippen LogP contribution >= 0.6 is 23.4 Å². The highest BCUT2D eigenvalue weighted by Gasteiger charge is 2.18. The number of hydrogen-bond acceptors (Lipinski definition) is 4. The molecule has 1 aromatic carbocycles. The minimum Gasteiger partial charge on any atom is -0.398 e. The number of hydrogen-bond donors (Lipinski definition) is 2. The zero-order valence-corrected chi connectivity index (χ0v) is 12.0. The quantitative estimate of drug-likeness (QED) is 0.642. The Bertz CT molecular complexity index is 503. The molecule has 0 amide bonds. The van der Waals surface area contributed by atoms with Crippen molar-refractivity contribution in [1.82, 2.24) is 4.72 Å². The average Bonchev–Trinajstić information content (AvgIpc) is 2.23. The molecule has 1 aromatic rings. The third-order valence-corrected chi connectivity index (χ3v) is 4.75. The monoisotopic (exact) mass is 294 g/mol. The van der Waals surface area contributed by atoms with Crippen LogP contribution in [0.4, 0.5) is 5.69 Å². The second-order valence-electron chi connectivity index (χ2n) is 3.53. The second-order valence-corrected chi connectivity index (χ2v) is 6.66. The van der Waals surface area contributed by atoms with Crippen LogP contribution in [-0.2, 0) is 10.0 Å². The van der Waals surface area contributed by atoms with Gasteiger partial charge in [0.15, 0.2) is 0 Å². The summed E-state index contributed by atoms with van der Waals surface area (Å²) in [5, 5.41) is 0.188. The third kappa shape index (κ3) is 3.77. The lowest BCUT2D eigenvalue weighted by molar-refractivity contribution is 0.584. The van der Waals surface area contributed by atoms with Gasteiger partial charge in [0.1, 0.15) is 4.90 Å². The molecule has 0 saturated heterocycles. The highest BCUT2D eigenvalue weighted by Crippen LogP contribution is 2.26. The summed E-state index contributed by atoms with van der Waals surface area (Å²) >= 11 is 7.48. The predicted molar refractivity (Wildman–Crippen MR) is 74.2 cm³/mol. The van der Waals surface area contributed by atoms with Gasteiger partial charge in [0, 0.05) is 18.0 Å². The van der Waals surface area contributed by atoms with E-state index in [9.17, 15) is 8.42 Å². The summed E-state index contributed by atoms with van der Waals surface area (Å²) in [6, 6.07) is 2.94. The number of aryl methyl sites for hydroxylation is 1. The summed E-state index contributed by atoms with van der Waals surface area (Å²) in [5.41, 5.74) is 6.86. The molecule has 0 saturated carbocycles. The van der Waals surface area contributed by atoms with Crippen LogP contribution in [0, 0.1) is 6.92 Å². The first-order chi connectivity index (χ1) is 7.88. The second kappa shape index (κ2) is 5.95. The van der Waals surface area contributed by atoms with E-state index in [1.165, 1.54) is 6.07 Å². The van der Waals surface area contributed by atoms with E-state index in [0.29, 0.717) is 18.0 Å². The van der Waals surface area contributed by atoms with Gasteiger partial charge in [0.2, 0.25) is 10.0 Å². The van der Waals surface area contributed by atoms with E-state index in [-0.39, 0.29) is 9.92 Å². The molecule has 0 bridgehead atoms. The van der Waals surface area contributed by atoms with E-state index < -0.39 is 10.0 Å². The molecule has 0 spiro atoms. The fourth-order valence-electron chi connectivity index (χ4n) is 1.23. The van der Waals surface area contributed by atoms with Crippen molar-refractivity contribution in [2.24, 2.45) is 0 Å². The van der Waals surface area contributed by atoms with E-state index >= 15 is 0 Å². The molecule has 0 aliphatic heterocycles. The fraction of sp³-hybridized carbons (Fsp3) is 0.400. The molecule has 0 aliphatic carbocycles. The van der Waals surface area contributed by atoms with Crippen molar-refractivity contribution in [3.05, 3.63) is 22.7 Å². The van der Waals surface area contributed by atoms with E-state index in [2.05, 4.69) is 4.72 Å². The van der Waals surface area contributed by atoms with Crippen LogP contribution in [0.3, 0.4) is 0 Å². The first-order valence-electron chi connectivity index (χ1n) is 4.92. The molecule has 7 heteroatoms. The summed E-state index contributed by atoms with van der Waals surface area (Å²) in [5.74, 6) is 0.707. The van der Waals surface area contributed by atoms with Crippen LogP contribution in [0.25, 0.3) is 0 Å². The Hall–Kier alpha value is -0.430. The van der Waals surface area contributed by atoms with Crippen molar-refractivity contribution in [3.63, 3.8) is 0 Å². The van der Waals surface area contributed by atoms with Gasteiger partial charge in [-0.05, 0) is 30.9 Å². The number of rotatable bonds is 5. The highest BCUT2D eigenvalue weighted by molar-refractivity contribution is 7.98. The van der Waals surface area contributed by atoms with Crippen LogP contribution in [0.15, 0.2) is 17.0 Å². The van der Waals surface area contributed by atoms with Crippen molar-refractivity contribution >= 4 is 39.1 Å². The Kier molecular flexibility index (Phi) is 5.12. The number of halogens is 1. The van der Waals surface area contributed by atoms with Crippen LogP contribution in [0.1, 0.15) is 5.56 Å². The standard InChI is InChI=1S/C10H15ClN2O2S2/c1-7-5-8(11)10(6-9(7)12)17(14,15)13-3-4-16-2/h5-6,13H,3-4,12H2,1-2H3. The van der Waals surface area contributed by atoms with Gasteiger partial charge in [-0.1, -0.05) is 11.6 Å². The Morgan fingerprint density at radius 3 is 2.71 bits per heavy atom. The van der Waals surface area contributed by atoms with Crippen molar-refractivity contribution in [2.45, 2.75) is 11.8 Å². The van der Waals surface area contributed by atoms with Gasteiger partial charge in [0.25, 0.3) is 0 Å². The topological polar surface area (TPSA) is 72.2 Å². The Balaban J connectivity index is 3.03. The van der Waals surface area contributed by atoms with Crippen LogP contribution in [0.2, 0.25) is 5.02 Å². The Morgan fingerprint density at radius 1 is 1.47 bits per heavy atom. The number of benzene rings is 1.